The molecule has 0 aliphatic heterocycles. The van der Waals surface area contributed by atoms with Crippen molar-refractivity contribution in [2.75, 3.05) is 0 Å². The van der Waals surface area contributed by atoms with Gasteiger partial charge in [0.15, 0.2) is 11.6 Å². The lowest BCUT2D eigenvalue weighted by molar-refractivity contribution is 0.318. The zero-order chi connectivity index (χ0) is 13.0. The minimum Gasteiger partial charge on any atom is -0.422 e. The maximum absolute atomic E-state index is 8.56. The Morgan fingerprint density at radius 1 is 1.33 bits per heavy atom. The van der Waals surface area contributed by atoms with Crippen molar-refractivity contribution < 1.29 is 9.94 Å². The van der Waals surface area contributed by atoms with E-state index in [0.717, 1.165) is 5.69 Å². The Morgan fingerprint density at radius 2 is 2.17 bits per heavy atom. The Balaban J connectivity index is 2.28. The predicted octanol–water partition coefficient (Wildman–Crippen LogP) is 1.07. The van der Waals surface area contributed by atoms with Crippen LogP contribution in [0.3, 0.4) is 0 Å². The van der Waals surface area contributed by atoms with Gasteiger partial charge in [0.25, 0.3) is 0 Å². The highest BCUT2D eigenvalue weighted by molar-refractivity contribution is 5.95. The predicted molar refractivity (Wildman–Crippen MR) is 63.6 cm³/mol. The number of oxime groups is 1. The van der Waals surface area contributed by atoms with Gasteiger partial charge in [-0.3, -0.25) is 4.98 Å². The molecule has 0 atom stereocenters. The van der Waals surface area contributed by atoms with Gasteiger partial charge in [-0.15, -0.1) is 0 Å². The summed E-state index contributed by atoms with van der Waals surface area (Å²) in [5.74, 6) is 0.444. The van der Waals surface area contributed by atoms with Crippen LogP contribution < -0.4 is 10.5 Å². The first-order valence-electron chi connectivity index (χ1n) is 5.11. The first kappa shape index (κ1) is 11.8. The molecule has 0 bridgehead atoms. The molecule has 0 saturated carbocycles. The second-order valence-electron chi connectivity index (χ2n) is 3.40. The van der Waals surface area contributed by atoms with Crippen LogP contribution >= 0.6 is 0 Å². The number of pyridine rings is 1. The largest absolute Gasteiger partial charge is 0.422 e. The molecule has 0 saturated heterocycles. The van der Waals surface area contributed by atoms with Crippen molar-refractivity contribution in [3.05, 3.63) is 42.0 Å². The first-order valence-corrected chi connectivity index (χ1v) is 5.11. The molecule has 0 unspecified atom stereocenters. The van der Waals surface area contributed by atoms with E-state index in [2.05, 4.69) is 20.1 Å². The molecular formula is C11H11N5O2. The molecule has 0 amide bonds. The smallest absolute Gasteiger partial charge is 0.322 e. The number of aromatic nitrogens is 3. The highest BCUT2D eigenvalue weighted by Gasteiger charge is 2.07. The molecule has 7 heteroatoms. The van der Waals surface area contributed by atoms with Crippen LogP contribution in [0.4, 0.5) is 0 Å². The van der Waals surface area contributed by atoms with Crippen LogP contribution in [0.2, 0.25) is 0 Å². The summed E-state index contributed by atoms with van der Waals surface area (Å²) in [5, 5.41) is 11.4. The number of rotatable bonds is 3. The number of nitrogens with two attached hydrogens (primary N) is 1. The van der Waals surface area contributed by atoms with Crippen LogP contribution in [0.25, 0.3) is 0 Å². The van der Waals surface area contributed by atoms with Crippen LogP contribution in [0.5, 0.6) is 11.8 Å². The van der Waals surface area contributed by atoms with E-state index >= 15 is 0 Å². The average molecular weight is 245 g/mol. The molecule has 0 aromatic carbocycles. The molecule has 2 heterocycles. The molecule has 0 spiro atoms. The summed E-state index contributed by atoms with van der Waals surface area (Å²) in [5.41, 5.74) is 6.43. The van der Waals surface area contributed by atoms with Crippen LogP contribution in [0, 0.1) is 6.92 Å². The second-order valence-corrected chi connectivity index (χ2v) is 3.40. The number of amidine groups is 1. The fraction of sp³-hybridized carbons (Fsp3) is 0.0909. The van der Waals surface area contributed by atoms with E-state index in [4.69, 9.17) is 15.7 Å². The number of hydrogen-bond donors (Lipinski definition) is 2. The summed E-state index contributed by atoms with van der Waals surface area (Å²) in [6.45, 7) is 1.81. The Kier molecular flexibility index (Phi) is 3.33. The maximum atomic E-state index is 8.56. The molecule has 3 N–H and O–H groups in total. The minimum atomic E-state index is -0.106. The molecule has 92 valence electrons. The minimum absolute atomic E-state index is 0.106. The van der Waals surface area contributed by atoms with Crippen molar-refractivity contribution in [3.8, 4) is 11.8 Å². The molecule has 0 aliphatic rings. The van der Waals surface area contributed by atoms with Crippen molar-refractivity contribution >= 4 is 5.84 Å². The molecule has 0 radical (unpaired) electrons. The highest BCUT2D eigenvalue weighted by Crippen LogP contribution is 2.19. The van der Waals surface area contributed by atoms with Crippen LogP contribution in [0.1, 0.15) is 11.4 Å². The molecule has 7 nitrogen and oxygen atoms in total. The standard InChI is InChI=1S/C11H11N5O2/c1-7-9(3-2-5-13-7)18-11-14-6-4-8(15-11)10(12)16-17/h2-6,17H,1H3,(H2,12,16). The quantitative estimate of drug-likeness (QED) is 0.362. The molecule has 18 heavy (non-hydrogen) atoms. The third-order valence-corrected chi connectivity index (χ3v) is 2.16. The Morgan fingerprint density at radius 3 is 2.89 bits per heavy atom. The SMILES string of the molecule is Cc1ncccc1Oc1nccc(/C(N)=N/O)n1. The lowest BCUT2D eigenvalue weighted by Gasteiger charge is -2.06. The summed E-state index contributed by atoms with van der Waals surface area (Å²) in [4.78, 5) is 12.0. The van der Waals surface area contributed by atoms with E-state index in [1.165, 1.54) is 12.3 Å². The number of nitrogens with zero attached hydrogens (tertiary/aromatic N) is 4. The third kappa shape index (κ3) is 2.51. The normalized spacial score (nSPS) is 11.3. The Labute approximate surface area is 103 Å². The van der Waals surface area contributed by atoms with Crippen LogP contribution in [-0.4, -0.2) is 26.0 Å². The molecule has 0 aliphatic carbocycles. The van der Waals surface area contributed by atoms with Gasteiger partial charge in [0, 0.05) is 12.4 Å². The zero-order valence-electron chi connectivity index (χ0n) is 9.61. The van der Waals surface area contributed by atoms with Gasteiger partial charge in [-0.1, -0.05) is 5.16 Å². The third-order valence-electron chi connectivity index (χ3n) is 2.16. The molecule has 2 aromatic heterocycles. The fourth-order valence-electron chi connectivity index (χ4n) is 1.26. The Bertz CT molecular complexity index is 585. The van der Waals surface area contributed by atoms with Crippen molar-refractivity contribution in [2.24, 2.45) is 10.9 Å². The van der Waals surface area contributed by atoms with Gasteiger partial charge >= 0.3 is 6.01 Å². The summed E-state index contributed by atoms with van der Waals surface area (Å²) >= 11 is 0. The summed E-state index contributed by atoms with van der Waals surface area (Å²) < 4.78 is 5.47. The van der Waals surface area contributed by atoms with Gasteiger partial charge in [-0.05, 0) is 25.1 Å². The van der Waals surface area contributed by atoms with Gasteiger partial charge in [0.05, 0.1) is 5.69 Å². The fourth-order valence-corrected chi connectivity index (χ4v) is 1.26. The van der Waals surface area contributed by atoms with Crippen molar-refractivity contribution in [1.82, 2.24) is 15.0 Å². The van der Waals surface area contributed by atoms with Gasteiger partial charge in [0.2, 0.25) is 0 Å². The van der Waals surface area contributed by atoms with Crippen molar-refractivity contribution in [1.29, 1.82) is 0 Å². The lowest BCUT2D eigenvalue weighted by atomic mass is 10.3. The monoisotopic (exact) mass is 245 g/mol. The summed E-state index contributed by atoms with van der Waals surface area (Å²) in [6.07, 6.45) is 3.12. The first-order chi connectivity index (χ1) is 8.70. The van der Waals surface area contributed by atoms with E-state index in [0.29, 0.717) is 5.75 Å². The summed E-state index contributed by atoms with van der Waals surface area (Å²) in [6, 6.07) is 5.12. The van der Waals surface area contributed by atoms with Gasteiger partial charge < -0.3 is 15.7 Å². The second kappa shape index (κ2) is 5.09. The number of aryl methyl sites for hydroxylation is 1. The van der Waals surface area contributed by atoms with Crippen LogP contribution in [0.15, 0.2) is 35.7 Å². The average Bonchev–Trinajstić information content (AvgIpc) is 2.41. The van der Waals surface area contributed by atoms with Gasteiger partial charge in [-0.2, -0.15) is 4.98 Å². The van der Waals surface area contributed by atoms with Gasteiger partial charge in [0.1, 0.15) is 5.69 Å². The van der Waals surface area contributed by atoms with E-state index in [1.807, 2.05) is 6.92 Å². The van der Waals surface area contributed by atoms with Gasteiger partial charge in [-0.25, -0.2) is 4.98 Å². The number of hydrogen-bond acceptors (Lipinski definition) is 6. The molecule has 2 rings (SSSR count). The Hall–Kier alpha value is -2.70. The topological polar surface area (TPSA) is 107 Å². The van der Waals surface area contributed by atoms with E-state index < -0.39 is 0 Å². The molecule has 0 fully saturated rings. The van der Waals surface area contributed by atoms with Crippen molar-refractivity contribution in [3.63, 3.8) is 0 Å². The van der Waals surface area contributed by atoms with Crippen molar-refractivity contribution in [2.45, 2.75) is 6.92 Å². The van der Waals surface area contributed by atoms with Crippen LogP contribution in [-0.2, 0) is 0 Å². The number of ether oxygens (including phenoxy) is 1. The maximum Gasteiger partial charge on any atom is 0.322 e. The molecule has 2 aromatic rings. The van der Waals surface area contributed by atoms with E-state index in [1.54, 1.807) is 18.3 Å². The highest BCUT2D eigenvalue weighted by atomic mass is 16.5. The van der Waals surface area contributed by atoms with E-state index in [-0.39, 0.29) is 17.5 Å². The zero-order valence-corrected chi connectivity index (χ0v) is 9.61. The molecular weight excluding hydrogens is 234 g/mol. The van der Waals surface area contributed by atoms with E-state index in [9.17, 15) is 0 Å². The summed E-state index contributed by atoms with van der Waals surface area (Å²) in [7, 11) is 0. The lowest BCUT2D eigenvalue weighted by Crippen LogP contribution is -2.15.